The number of anilines is 1. The van der Waals surface area contributed by atoms with Gasteiger partial charge in [0.05, 0.1) is 11.9 Å². The van der Waals surface area contributed by atoms with Gasteiger partial charge in [0, 0.05) is 24.5 Å². The van der Waals surface area contributed by atoms with Crippen molar-refractivity contribution in [3.63, 3.8) is 0 Å². The predicted octanol–water partition coefficient (Wildman–Crippen LogP) is 4.22. The van der Waals surface area contributed by atoms with Crippen LogP contribution >= 0.6 is 15.9 Å². The van der Waals surface area contributed by atoms with Gasteiger partial charge in [0.1, 0.15) is 12.6 Å². The van der Waals surface area contributed by atoms with Crippen LogP contribution in [0, 0.1) is 13.8 Å². The van der Waals surface area contributed by atoms with Crippen molar-refractivity contribution in [1.29, 1.82) is 0 Å². The van der Waals surface area contributed by atoms with Gasteiger partial charge in [0.25, 0.3) is 0 Å². The van der Waals surface area contributed by atoms with E-state index in [1.165, 1.54) is 11.9 Å². The highest BCUT2D eigenvalue weighted by atomic mass is 79.9. The molecule has 0 saturated heterocycles. The van der Waals surface area contributed by atoms with Crippen molar-refractivity contribution >= 4 is 43.5 Å². The second-order valence-corrected chi connectivity index (χ2v) is 11.8. The molecular formula is C28H32BrN3O4S. The van der Waals surface area contributed by atoms with Crippen molar-refractivity contribution in [2.45, 2.75) is 32.9 Å². The zero-order valence-electron chi connectivity index (χ0n) is 21.4. The summed E-state index contributed by atoms with van der Waals surface area (Å²) in [5, 5.41) is 2.67. The number of nitrogens with zero attached hydrogens (tertiary/aromatic N) is 2. The van der Waals surface area contributed by atoms with Gasteiger partial charge in [-0.1, -0.05) is 64.5 Å². The van der Waals surface area contributed by atoms with E-state index in [2.05, 4.69) is 21.2 Å². The molecule has 0 aliphatic heterocycles. The molecule has 0 fully saturated rings. The Morgan fingerprint density at radius 1 is 0.919 bits per heavy atom. The second-order valence-electron chi connectivity index (χ2n) is 9.01. The summed E-state index contributed by atoms with van der Waals surface area (Å²) in [6, 6.07) is 21.3. The molecule has 3 aromatic rings. The van der Waals surface area contributed by atoms with Gasteiger partial charge >= 0.3 is 0 Å². The maximum atomic E-state index is 13.9. The zero-order chi connectivity index (χ0) is 27.2. The van der Waals surface area contributed by atoms with E-state index in [9.17, 15) is 18.0 Å². The summed E-state index contributed by atoms with van der Waals surface area (Å²) in [4.78, 5) is 28.4. The lowest BCUT2D eigenvalue weighted by Crippen LogP contribution is -2.52. The Balaban J connectivity index is 2.03. The minimum absolute atomic E-state index is 0.140. The van der Waals surface area contributed by atoms with E-state index in [1.54, 1.807) is 12.1 Å². The first-order valence-electron chi connectivity index (χ1n) is 11.8. The predicted molar refractivity (Wildman–Crippen MR) is 151 cm³/mol. The maximum Gasteiger partial charge on any atom is 0.244 e. The van der Waals surface area contributed by atoms with Crippen LogP contribution in [-0.2, 0) is 32.6 Å². The van der Waals surface area contributed by atoms with Crippen molar-refractivity contribution in [2.75, 3.05) is 24.2 Å². The Kier molecular flexibility index (Phi) is 9.50. The number of hydrogen-bond acceptors (Lipinski definition) is 4. The van der Waals surface area contributed by atoms with Gasteiger partial charge in [-0.3, -0.25) is 13.9 Å². The average molecular weight is 587 g/mol. The third-order valence-corrected chi connectivity index (χ3v) is 7.91. The highest BCUT2D eigenvalue weighted by Gasteiger charge is 2.32. The summed E-state index contributed by atoms with van der Waals surface area (Å²) >= 11 is 3.42. The molecule has 37 heavy (non-hydrogen) atoms. The number of benzene rings is 3. The van der Waals surface area contributed by atoms with E-state index in [1.807, 2.05) is 74.5 Å². The minimum atomic E-state index is -3.79. The minimum Gasteiger partial charge on any atom is -0.357 e. The first-order chi connectivity index (χ1) is 17.5. The molecule has 3 rings (SSSR count). The fraction of sp³-hybridized carbons (Fsp3) is 0.286. The fourth-order valence-corrected chi connectivity index (χ4v) is 5.11. The van der Waals surface area contributed by atoms with E-state index >= 15 is 0 Å². The lowest BCUT2D eigenvalue weighted by Gasteiger charge is -2.33. The van der Waals surface area contributed by atoms with Gasteiger partial charge in [0.2, 0.25) is 21.8 Å². The van der Waals surface area contributed by atoms with E-state index in [0.717, 1.165) is 37.3 Å². The van der Waals surface area contributed by atoms with Gasteiger partial charge in [-0.2, -0.15) is 0 Å². The molecule has 1 atom stereocenters. The molecule has 1 N–H and O–H groups in total. The summed E-state index contributed by atoms with van der Waals surface area (Å²) in [6.45, 7) is 3.54. The Morgan fingerprint density at radius 3 is 2.14 bits per heavy atom. The zero-order valence-corrected chi connectivity index (χ0v) is 23.8. The number of nitrogens with one attached hydrogen (secondary N) is 1. The first-order valence-corrected chi connectivity index (χ1v) is 14.5. The summed E-state index contributed by atoms with van der Waals surface area (Å²) < 4.78 is 27.6. The monoisotopic (exact) mass is 585 g/mol. The number of amides is 2. The molecule has 0 radical (unpaired) electrons. The van der Waals surface area contributed by atoms with Crippen molar-refractivity contribution < 1.29 is 18.0 Å². The molecule has 0 unspecified atom stereocenters. The summed E-state index contributed by atoms with van der Waals surface area (Å²) in [5.41, 5.74) is 4.04. The van der Waals surface area contributed by atoms with Gasteiger partial charge in [-0.15, -0.1) is 0 Å². The van der Waals surface area contributed by atoms with Crippen molar-refractivity contribution in [1.82, 2.24) is 10.2 Å². The summed E-state index contributed by atoms with van der Waals surface area (Å²) in [5.74, 6) is -0.803. The number of likely N-dealkylation sites (N-methyl/N-ethyl adjacent to an activating group) is 1. The number of sulfonamides is 1. The summed E-state index contributed by atoms with van der Waals surface area (Å²) in [7, 11) is -2.26. The topological polar surface area (TPSA) is 86.8 Å². The molecular weight excluding hydrogens is 554 g/mol. The molecule has 0 saturated carbocycles. The number of carbonyl (C=O) groups excluding carboxylic acids is 2. The number of halogens is 1. The molecule has 0 aliphatic carbocycles. The molecule has 2 amide bonds. The summed E-state index contributed by atoms with van der Waals surface area (Å²) in [6.07, 6.45) is 1.36. The highest BCUT2D eigenvalue weighted by Crippen LogP contribution is 2.23. The normalized spacial score (nSPS) is 12.0. The van der Waals surface area contributed by atoms with Crippen molar-refractivity contribution in [3.05, 3.63) is 99.5 Å². The van der Waals surface area contributed by atoms with Gasteiger partial charge < -0.3 is 10.2 Å². The Labute approximate surface area is 227 Å². The van der Waals surface area contributed by atoms with Crippen LogP contribution in [0.15, 0.2) is 77.3 Å². The van der Waals surface area contributed by atoms with Gasteiger partial charge in [-0.05, 0) is 60.4 Å². The molecule has 0 bridgehead atoms. The standard InChI is InChI=1S/C28H32BrN3O4S/c1-20-10-15-25(16-21(20)2)32(37(4,35)36)19-27(33)31(18-23-11-13-24(29)14-12-23)26(28(34)30-3)17-22-8-6-5-7-9-22/h5-16,26H,17-19H2,1-4H3,(H,30,34)/t26-/m0/s1. The largest absolute Gasteiger partial charge is 0.357 e. The van der Waals surface area contributed by atoms with E-state index in [-0.39, 0.29) is 18.9 Å². The van der Waals surface area contributed by atoms with Crippen LogP contribution in [0.4, 0.5) is 5.69 Å². The van der Waals surface area contributed by atoms with Crippen LogP contribution in [0.5, 0.6) is 0 Å². The third kappa shape index (κ3) is 7.66. The quantitative estimate of drug-likeness (QED) is 0.386. The van der Waals surface area contributed by atoms with Gasteiger partial charge in [0.15, 0.2) is 0 Å². The van der Waals surface area contributed by atoms with Crippen molar-refractivity contribution in [2.24, 2.45) is 0 Å². The van der Waals surface area contributed by atoms with Crippen LogP contribution in [0.3, 0.4) is 0 Å². The molecule has 196 valence electrons. The number of rotatable bonds is 10. The number of carbonyl (C=O) groups is 2. The van der Waals surface area contributed by atoms with Crippen LogP contribution < -0.4 is 9.62 Å². The SMILES string of the molecule is CNC(=O)[C@H](Cc1ccccc1)N(Cc1ccc(Br)cc1)C(=O)CN(c1ccc(C)c(C)c1)S(C)(=O)=O. The lowest BCUT2D eigenvalue weighted by molar-refractivity contribution is -0.139. The second kappa shape index (κ2) is 12.4. The van der Waals surface area contributed by atoms with E-state index in [0.29, 0.717) is 5.69 Å². The molecule has 7 nitrogen and oxygen atoms in total. The fourth-order valence-electron chi connectivity index (χ4n) is 4.00. The molecule has 3 aromatic carbocycles. The third-order valence-electron chi connectivity index (χ3n) is 6.24. The molecule has 0 aliphatic rings. The number of hydrogen-bond donors (Lipinski definition) is 1. The molecule has 0 aromatic heterocycles. The Morgan fingerprint density at radius 2 is 1.57 bits per heavy atom. The van der Waals surface area contributed by atoms with Crippen molar-refractivity contribution in [3.8, 4) is 0 Å². The molecule has 0 spiro atoms. The lowest BCUT2D eigenvalue weighted by atomic mass is 10.0. The molecule has 0 heterocycles. The Hall–Kier alpha value is -3.17. The van der Waals surface area contributed by atoms with E-state index in [4.69, 9.17) is 0 Å². The van der Waals surface area contributed by atoms with Crippen LogP contribution in [0.2, 0.25) is 0 Å². The van der Waals surface area contributed by atoms with E-state index < -0.39 is 28.5 Å². The number of aryl methyl sites for hydroxylation is 2. The maximum absolute atomic E-state index is 13.9. The average Bonchev–Trinajstić information content (AvgIpc) is 2.87. The van der Waals surface area contributed by atoms with Gasteiger partial charge in [-0.25, -0.2) is 8.42 Å². The molecule has 9 heteroatoms. The smallest absolute Gasteiger partial charge is 0.244 e. The Bertz CT molecular complexity index is 1350. The van der Waals surface area contributed by atoms with Crippen LogP contribution in [-0.4, -0.2) is 51.0 Å². The highest BCUT2D eigenvalue weighted by molar-refractivity contribution is 9.10. The van der Waals surface area contributed by atoms with Crippen LogP contribution in [0.1, 0.15) is 22.3 Å². The van der Waals surface area contributed by atoms with Crippen LogP contribution in [0.25, 0.3) is 0 Å². The first kappa shape index (κ1) is 28.4.